The normalized spacial score (nSPS) is 12.8. The van der Waals surface area contributed by atoms with Gasteiger partial charge in [-0.3, -0.25) is 29.4 Å². The van der Waals surface area contributed by atoms with E-state index in [0.717, 1.165) is 78.7 Å². The zero-order chi connectivity index (χ0) is 30.5. The molecule has 8 nitrogen and oxygen atoms in total. The number of carbonyl (C=O) groups excluding carboxylic acids is 2. The Balaban J connectivity index is 1.07. The number of aromatic nitrogens is 2. The van der Waals surface area contributed by atoms with Crippen molar-refractivity contribution >= 4 is 68.2 Å². The van der Waals surface area contributed by atoms with Gasteiger partial charge in [0.05, 0.1) is 22.2 Å². The topological polar surface area (TPSA) is 90.5 Å². The maximum Gasteiger partial charge on any atom is 0.261 e. The van der Waals surface area contributed by atoms with Gasteiger partial charge in [0.1, 0.15) is 0 Å². The number of fused-ring (bicyclic) bond motifs is 3. The van der Waals surface area contributed by atoms with E-state index in [1.807, 2.05) is 48.5 Å². The molecule has 1 aliphatic rings. The monoisotopic (exact) mass is 626 g/mol. The van der Waals surface area contributed by atoms with Crippen LogP contribution in [0, 0.1) is 0 Å². The summed E-state index contributed by atoms with van der Waals surface area (Å²) in [5, 5.41) is 10.5. The number of pyridine rings is 2. The summed E-state index contributed by atoms with van der Waals surface area (Å²) in [7, 11) is 0. The van der Waals surface area contributed by atoms with Gasteiger partial charge in [-0.25, -0.2) is 0 Å². The second-order valence-corrected chi connectivity index (χ2v) is 11.6. The van der Waals surface area contributed by atoms with Crippen molar-refractivity contribution in [2.24, 2.45) is 0 Å². The van der Waals surface area contributed by atoms with E-state index in [1.54, 1.807) is 36.7 Å². The lowest BCUT2D eigenvalue weighted by molar-refractivity contribution is 0.0650. The van der Waals surface area contributed by atoms with Crippen LogP contribution in [0.3, 0.4) is 0 Å². The van der Waals surface area contributed by atoms with Crippen LogP contribution in [0.15, 0.2) is 85.2 Å². The standard InChI is InChI=1S/C34H32Cl2N6O2/c35-23-7-9-27-29(11-13-37-31(27)21-23)39-15-19-41(20-16-40-30-12-14-38-32-22-24(36)8-10-28(30)32)17-3-4-18-42-33(43)25-5-1-2-6-26(25)34(42)44/h1-2,5-14,21-22H,3-4,15-20H2,(H,37,39)(H,38,40). The van der Waals surface area contributed by atoms with Gasteiger partial charge in [0.25, 0.3) is 11.8 Å². The minimum Gasteiger partial charge on any atom is -0.383 e. The molecule has 3 aromatic carbocycles. The molecule has 0 radical (unpaired) electrons. The third kappa shape index (κ3) is 6.63. The summed E-state index contributed by atoms with van der Waals surface area (Å²) >= 11 is 12.3. The van der Waals surface area contributed by atoms with Gasteiger partial charge in [-0.05, 0) is 80.1 Å². The highest BCUT2D eigenvalue weighted by molar-refractivity contribution is 6.31. The Hall–Kier alpha value is -4.24. The van der Waals surface area contributed by atoms with Crippen molar-refractivity contribution in [1.29, 1.82) is 0 Å². The first-order valence-corrected chi connectivity index (χ1v) is 15.5. The molecule has 3 heterocycles. The number of hydrogen-bond acceptors (Lipinski definition) is 7. The molecule has 0 spiro atoms. The number of rotatable bonds is 13. The molecule has 224 valence electrons. The van der Waals surface area contributed by atoms with E-state index in [9.17, 15) is 9.59 Å². The van der Waals surface area contributed by atoms with Crippen LogP contribution >= 0.6 is 23.2 Å². The quantitative estimate of drug-likeness (QED) is 0.107. The molecule has 0 aliphatic carbocycles. The van der Waals surface area contributed by atoms with Gasteiger partial charge in [-0.2, -0.15) is 0 Å². The lowest BCUT2D eigenvalue weighted by Gasteiger charge is -2.24. The average molecular weight is 628 g/mol. The van der Waals surface area contributed by atoms with Gasteiger partial charge in [0.15, 0.2) is 0 Å². The Labute approximate surface area is 266 Å². The zero-order valence-electron chi connectivity index (χ0n) is 24.1. The lowest BCUT2D eigenvalue weighted by Crippen LogP contribution is -2.35. The second-order valence-electron chi connectivity index (χ2n) is 10.7. The van der Waals surface area contributed by atoms with Crippen molar-refractivity contribution < 1.29 is 9.59 Å². The fraction of sp³-hybridized carbons (Fsp3) is 0.235. The largest absolute Gasteiger partial charge is 0.383 e. The van der Waals surface area contributed by atoms with Crippen LogP contribution < -0.4 is 10.6 Å². The molecule has 0 atom stereocenters. The van der Waals surface area contributed by atoms with Crippen LogP contribution in [0.4, 0.5) is 11.4 Å². The van der Waals surface area contributed by atoms with E-state index < -0.39 is 0 Å². The van der Waals surface area contributed by atoms with E-state index in [0.29, 0.717) is 27.7 Å². The van der Waals surface area contributed by atoms with Gasteiger partial charge in [0.2, 0.25) is 0 Å². The summed E-state index contributed by atoms with van der Waals surface area (Å²) < 4.78 is 0. The summed E-state index contributed by atoms with van der Waals surface area (Å²) in [6, 6.07) is 22.4. The molecule has 0 saturated heterocycles. The number of halogens is 2. The van der Waals surface area contributed by atoms with Gasteiger partial charge in [-0.15, -0.1) is 0 Å². The van der Waals surface area contributed by atoms with Crippen molar-refractivity contribution in [3.8, 4) is 0 Å². The average Bonchev–Trinajstić information content (AvgIpc) is 3.27. The van der Waals surface area contributed by atoms with E-state index >= 15 is 0 Å². The van der Waals surface area contributed by atoms with Crippen LogP contribution in [0.2, 0.25) is 10.0 Å². The van der Waals surface area contributed by atoms with E-state index in [1.165, 1.54) is 4.90 Å². The molecule has 0 unspecified atom stereocenters. The minimum atomic E-state index is -0.201. The molecule has 1 aliphatic heterocycles. The Bertz CT molecular complexity index is 1710. The molecule has 0 saturated carbocycles. The number of unbranched alkanes of at least 4 members (excludes halogenated alkanes) is 1. The molecule has 2 aromatic heterocycles. The van der Waals surface area contributed by atoms with Crippen molar-refractivity contribution in [2.75, 3.05) is 49.9 Å². The van der Waals surface area contributed by atoms with Crippen LogP contribution in [0.1, 0.15) is 33.6 Å². The third-order valence-corrected chi connectivity index (χ3v) is 8.35. The molecule has 2 N–H and O–H groups in total. The molecule has 0 fully saturated rings. The van der Waals surface area contributed by atoms with Crippen LogP contribution in [0.25, 0.3) is 21.8 Å². The number of amides is 2. The summed E-state index contributed by atoms with van der Waals surface area (Å²) in [4.78, 5) is 38.2. The van der Waals surface area contributed by atoms with Crippen LogP contribution in [-0.2, 0) is 0 Å². The minimum absolute atomic E-state index is 0.201. The SMILES string of the molecule is O=C1c2ccccc2C(=O)N1CCCCN(CCNc1ccnc2cc(Cl)ccc12)CCNc1ccnc2cc(Cl)ccc12. The van der Waals surface area contributed by atoms with E-state index in [-0.39, 0.29) is 11.8 Å². The first-order valence-electron chi connectivity index (χ1n) is 14.7. The highest BCUT2D eigenvalue weighted by Crippen LogP contribution is 2.26. The maximum atomic E-state index is 12.8. The fourth-order valence-electron chi connectivity index (χ4n) is 5.63. The van der Waals surface area contributed by atoms with Gasteiger partial charge in [-0.1, -0.05) is 35.3 Å². The smallest absolute Gasteiger partial charge is 0.261 e. The Morgan fingerprint density at radius 2 is 1.18 bits per heavy atom. The number of imide groups is 1. The third-order valence-electron chi connectivity index (χ3n) is 7.88. The molecule has 0 bridgehead atoms. The molecule has 10 heteroatoms. The Morgan fingerprint density at radius 3 is 1.70 bits per heavy atom. The summed E-state index contributed by atoms with van der Waals surface area (Å²) in [6.07, 6.45) is 5.15. The zero-order valence-corrected chi connectivity index (χ0v) is 25.6. The summed E-state index contributed by atoms with van der Waals surface area (Å²) in [6.45, 7) is 4.31. The number of nitrogens with one attached hydrogen (secondary N) is 2. The summed E-state index contributed by atoms with van der Waals surface area (Å²) in [5.74, 6) is -0.403. The second kappa shape index (κ2) is 13.6. The predicted octanol–water partition coefficient (Wildman–Crippen LogP) is 6.99. The van der Waals surface area contributed by atoms with Gasteiger partial charge >= 0.3 is 0 Å². The number of benzene rings is 3. The Morgan fingerprint density at radius 1 is 0.659 bits per heavy atom. The first-order chi connectivity index (χ1) is 21.5. The maximum absolute atomic E-state index is 12.8. The van der Waals surface area contributed by atoms with Crippen molar-refractivity contribution in [1.82, 2.24) is 19.8 Å². The van der Waals surface area contributed by atoms with E-state index in [2.05, 4.69) is 25.5 Å². The predicted molar refractivity (Wildman–Crippen MR) is 178 cm³/mol. The van der Waals surface area contributed by atoms with Gasteiger partial charge < -0.3 is 10.6 Å². The number of anilines is 2. The van der Waals surface area contributed by atoms with E-state index in [4.69, 9.17) is 23.2 Å². The highest BCUT2D eigenvalue weighted by atomic mass is 35.5. The molecule has 44 heavy (non-hydrogen) atoms. The highest BCUT2D eigenvalue weighted by Gasteiger charge is 2.34. The van der Waals surface area contributed by atoms with Crippen molar-refractivity contribution in [2.45, 2.75) is 12.8 Å². The van der Waals surface area contributed by atoms with Gasteiger partial charge in [0, 0.05) is 77.3 Å². The molecular weight excluding hydrogens is 595 g/mol. The first kappa shape index (κ1) is 29.8. The number of carbonyl (C=O) groups is 2. The molecular formula is C34H32Cl2N6O2. The Kier molecular flexibility index (Phi) is 9.21. The van der Waals surface area contributed by atoms with Crippen LogP contribution in [0.5, 0.6) is 0 Å². The number of nitrogens with zero attached hydrogens (tertiary/aromatic N) is 4. The van der Waals surface area contributed by atoms with Crippen molar-refractivity contribution in [3.05, 3.63) is 106 Å². The molecule has 5 aromatic rings. The molecule has 2 amide bonds. The number of hydrogen-bond donors (Lipinski definition) is 2. The van der Waals surface area contributed by atoms with Crippen LogP contribution in [-0.4, -0.2) is 70.9 Å². The molecule has 6 rings (SSSR count). The lowest BCUT2D eigenvalue weighted by atomic mass is 10.1. The van der Waals surface area contributed by atoms with Crippen molar-refractivity contribution in [3.63, 3.8) is 0 Å². The summed E-state index contributed by atoms with van der Waals surface area (Å²) in [5.41, 5.74) is 4.71. The fourth-order valence-corrected chi connectivity index (χ4v) is 5.96.